The van der Waals surface area contributed by atoms with Gasteiger partial charge in [0.15, 0.2) is 0 Å². The number of ether oxygens (including phenoxy) is 1. The standard InChI is InChI=1S/C24H37N3O5S/c1-16-14-27(15-17(2)32-16)23(29)19-7-6-8-21(13-19)25-22(28)18-9-11-20(12-10-18)26-33(30,31)24(3,4)5/h6-8,13,16-18,20,26H,9-12,14-15H2,1-5H3,(H,25,28)/t16-,17+,18?,20?. The summed E-state index contributed by atoms with van der Waals surface area (Å²) in [6, 6.07) is 6.89. The van der Waals surface area contributed by atoms with Crippen LogP contribution >= 0.6 is 0 Å². The Morgan fingerprint density at radius 2 is 1.64 bits per heavy atom. The van der Waals surface area contributed by atoms with Gasteiger partial charge in [-0.3, -0.25) is 9.59 Å². The van der Waals surface area contributed by atoms with Crippen LogP contribution < -0.4 is 10.0 Å². The van der Waals surface area contributed by atoms with Crippen LogP contribution in [0.25, 0.3) is 0 Å². The molecule has 33 heavy (non-hydrogen) atoms. The van der Waals surface area contributed by atoms with Gasteiger partial charge < -0.3 is 15.0 Å². The number of amides is 2. The molecule has 2 fully saturated rings. The zero-order valence-electron chi connectivity index (χ0n) is 20.3. The Bertz CT molecular complexity index is 955. The molecular formula is C24H37N3O5S. The smallest absolute Gasteiger partial charge is 0.254 e. The summed E-state index contributed by atoms with van der Waals surface area (Å²) in [5, 5.41) is 2.94. The van der Waals surface area contributed by atoms with Crippen LogP contribution in [0.3, 0.4) is 0 Å². The van der Waals surface area contributed by atoms with Crippen LogP contribution in [0.2, 0.25) is 0 Å². The number of carbonyl (C=O) groups is 2. The molecule has 1 aromatic rings. The zero-order chi connectivity index (χ0) is 24.4. The minimum absolute atomic E-state index is 0.0106. The molecule has 9 heteroatoms. The number of anilines is 1. The molecule has 1 heterocycles. The summed E-state index contributed by atoms with van der Waals surface area (Å²) in [6.07, 6.45) is 2.46. The first kappa shape index (κ1) is 25.6. The molecule has 2 aliphatic rings. The number of rotatable bonds is 5. The average Bonchev–Trinajstić information content (AvgIpc) is 2.72. The van der Waals surface area contributed by atoms with E-state index in [4.69, 9.17) is 4.74 Å². The third-order valence-electron chi connectivity index (χ3n) is 6.31. The molecule has 8 nitrogen and oxygen atoms in total. The highest BCUT2D eigenvalue weighted by Gasteiger charge is 2.34. The predicted molar refractivity (Wildman–Crippen MR) is 129 cm³/mol. The van der Waals surface area contributed by atoms with E-state index in [2.05, 4.69) is 10.0 Å². The van der Waals surface area contributed by atoms with Gasteiger partial charge in [-0.25, -0.2) is 13.1 Å². The first-order valence-corrected chi connectivity index (χ1v) is 13.2. The van der Waals surface area contributed by atoms with Crippen molar-refractivity contribution in [2.45, 2.75) is 83.3 Å². The van der Waals surface area contributed by atoms with Gasteiger partial charge in [0.05, 0.1) is 17.0 Å². The maximum atomic E-state index is 13.0. The molecule has 0 radical (unpaired) electrons. The Hall–Kier alpha value is -1.97. The fraction of sp³-hybridized carbons (Fsp3) is 0.667. The summed E-state index contributed by atoms with van der Waals surface area (Å²) in [7, 11) is -3.41. The fourth-order valence-electron chi connectivity index (χ4n) is 4.37. The van der Waals surface area contributed by atoms with Crippen molar-refractivity contribution in [2.24, 2.45) is 5.92 Å². The number of hydrogen-bond acceptors (Lipinski definition) is 5. The average molecular weight is 480 g/mol. The number of sulfonamides is 1. The Morgan fingerprint density at radius 1 is 1.03 bits per heavy atom. The number of nitrogens with one attached hydrogen (secondary N) is 2. The maximum absolute atomic E-state index is 13.0. The zero-order valence-corrected chi connectivity index (χ0v) is 21.1. The van der Waals surface area contributed by atoms with E-state index < -0.39 is 14.8 Å². The van der Waals surface area contributed by atoms with Crippen LogP contribution in [0.4, 0.5) is 5.69 Å². The maximum Gasteiger partial charge on any atom is 0.254 e. The van der Waals surface area contributed by atoms with Crippen molar-refractivity contribution in [3.8, 4) is 0 Å². The first-order chi connectivity index (χ1) is 15.4. The summed E-state index contributed by atoms with van der Waals surface area (Å²) < 4.78 is 32.4. The summed E-state index contributed by atoms with van der Waals surface area (Å²) in [6.45, 7) is 10.0. The van der Waals surface area contributed by atoms with Gasteiger partial charge in [0, 0.05) is 36.3 Å². The lowest BCUT2D eigenvalue weighted by Crippen LogP contribution is -2.48. The molecule has 0 aromatic heterocycles. The third kappa shape index (κ3) is 6.55. The Kier molecular flexibility index (Phi) is 7.86. The number of nitrogens with zero attached hydrogens (tertiary/aromatic N) is 1. The quantitative estimate of drug-likeness (QED) is 0.675. The summed E-state index contributed by atoms with van der Waals surface area (Å²) in [5.74, 6) is -0.342. The van der Waals surface area contributed by atoms with E-state index in [0.29, 0.717) is 50.0 Å². The summed E-state index contributed by atoms with van der Waals surface area (Å²) in [4.78, 5) is 27.6. The molecular weight excluding hydrogens is 442 g/mol. The highest BCUT2D eigenvalue weighted by molar-refractivity contribution is 7.90. The van der Waals surface area contributed by atoms with Crippen LogP contribution in [-0.4, -0.2) is 61.2 Å². The molecule has 3 rings (SSSR count). The van der Waals surface area contributed by atoms with E-state index in [0.717, 1.165) is 0 Å². The number of carbonyl (C=O) groups excluding carboxylic acids is 2. The van der Waals surface area contributed by atoms with Crippen LogP contribution in [0.1, 0.15) is 70.7 Å². The van der Waals surface area contributed by atoms with Gasteiger partial charge in [0.2, 0.25) is 15.9 Å². The SMILES string of the molecule is C[C@@H]1CN(C(=O)c2cccc(NC(=O)C3CCC(NS(=O)(=O)C(C)(C)C)CC3)c2)C[C@H](C)O1. The van der Waals surface area contributed by atoms with Crippen molar-refractivity contribution in [1.82, 2.24) is 9.62 Å². The topological polar surface area (TPSA) is 105 Å². The molecule has 0 unspecified atom stereocenters. The summed E-state index contributed by atoms with van der Waals surface area (Å²) in [5.41, 5.74) is 1.13. The number of morpholine rings is 1. The monoisotopic (exact) mass is 479 g/mol. The van der Waals surface area contributed by atoms with Gasteiger partial charge in [0.1, 0.15) is 0 Å². The van der Waals surface area contributed by atoms with E-state index in [1.54, 1.807) is 49.9 Å². The molecule has 1 saturated carbocycles. The normalized spacial score (nSPS) is 26.6. The molecule has 1 aliphatic carbocycles. The largest absolute Gasteiger partial charge is 0.372 e. The molecule has 1 saturated heterocycles. The Morgan fingerprint density at radius 3 is 2.21 bits per heavy atom. The lowest BCUT2D eigenvalue weighted by molar-refractivity contribution is -0.120. The molecule has 1 aromatic carbocycles. The molecule has 0 spiro atoms. The second kappa shape index (κ2) is 10.1. The van der Waals surface area contributed by atoms with Crippen molar-refractivity contribution in [3.63, 3.8) is 0 Å². The van der Waals surface area contributed by atoms with Crippen LogP contribution in [0.5, 0.6) is 0 Å². The second-order valence-electron chi connectivity index (χ2n) is 10.3. The van der Waals surface area contributed by atoms with Crippen molar-refractivity contribution in [1.29, 1.82) is 0 Å². The van der Waals surface area contributed by atoms with Gasteiger partial charge in [-0.2, -0.15) is 0 Å². The number of hydrogen-bond donors (Lipinski definition) is 2. The van der Waals surface area contributed by atoms with Crippen LogP contribution in [-0.2, 0) is 19.6 Å². The fourth-order valence-corrected chi connectivity index (χ4v) is 5.40. The van der Waals surface area contributed by atoms with Crippen LogP contribution in [0, 0.1) is 5.92 Å². The van der Waals surface area contributed by atoms with Gasteiger partial charge in [0.25, 0.3) is 5.91 Å². The van der Waals surface area contributed by atoms with Crippen molar-refractivity contribution >= 4 is 27.5 Å². The number of benzene rings is 1. The van der Waals surface area contributed by atoms with Crippen LogP contribution in [0.15, 0.2) is 24.3 Å². The van der Waals surface area contributed by atoms with Gasteiger partial charge in [-0.1, -0.05) is 6.07 Å². The summed E-state index contributed by atoms with van der Waals surface area (Å²) >= 11 is 0. The van der Waals surface area contributed by atoms with Crippen molar-refractivity contribution in [2.75, 3.05) is 18.4 Å². The van der Waals surface area contributed by atoms with Gasteiger partial charge in [-0.15, -0.1) is 0 Å². The molecule has 0 bridgehead atoms. The lowest BCUT2D eigenvalue weighted by atomic mass is 9.86. The third-order valence-corrected chi connectivity index (χ3v) is 8.57. The van der Waals surface area contributed by atoms with E-state index >= 15 is 0 Å². The second-order valence-corrected chi connectivity index (χ2v) is 12.8. The molecule has 1 aliphatic heterocycles. The molecule has 2 N–H and O–H groups in total. The minimum Gasteiger partial charge on any atom is -0.372 e. The van der Waals surface area contributed by atoms with Gasteiger partial charge >= 0.3 is 0 Å². The Labute approximate surface area is 197 Å². The molecule has 2 atom stereocenters. The molecule has 2 amide bonds. The van der Waals surface area contributed by atoms with E-state index in [-0.39, 0.29) is 36.0 Å². The predicted octanol–water partition coefficient (Wildman–Crippen LogP) is 3.15. The highest BCUT2D eigenvalue weighted by atomic mass is 32.2. The lowest BCUT2D eigenvalue weighted by Gasteiger charge is -2.35. The highest BCUT2D eigenvalue weighted by Crippen LogP contribution is 2.28. The van der Waals surface area contributed by atoms with Crippen molar-refractivity contribution < 1.29 is 22.7 Å². The van der Waals surface area contributed by atoms with Crippen molar-refractivity contribution in [3.05, 3.63) is 29.8 Å². The van der Waals surface area contributed by atoms with E-state index in [1.165, 1.54) is 0 Å². The van der Waals surface area contributed by atoms with Gasteiger partial charge in [-0.05, 0) is 78.5 Å². The first-order valence-electron chi connectivity index (χ1n) is 11.7. The van der Waals surface area contributed by atoms with E-state index in [1.807, 2.05) is 13.8 Å². The molecule has 184 valence electrons. The minimum atomic E-state index is -3.41. The Balaban J connectivity index is 1.56. The van der Waals surface area contributed by atoms with E-state index in [9.17, 15) is 18.0 Å².